The van der Waals surface area contributed by atoms with Crippen LogP contribution in [-0.4, -0.2) is 33.9 Å². The number of aromatic nitrogens is 2. The van der Waals surface area contributed by atoms with Crippen LogP contribution in [0, 0.1) is 0 Å². The highest BCUT2D eigenvalue weighted by molar-refractivity contribution is 6.39. The van der Waals surface area contributed by atoms with Crippen LogP contribution in [0.5, 0.6) is 0 Å². The fraction of sp³-hybridized carbons (Fsp3) is 0.364. The first kappa shape index (κ1) is 20.2. The van der Waals surface area contributed by atoms with Gasteiger partial charge in [-0.1, -0.05) is 23.2 Å². The average molecular weight is 433 g/mol. The summed E-state index contributed by atoms with van der Waals surface area (Å²) >= 11 is 13.3. The fourth-order valence-electron chi connectivity index (χ4n) is 4.22. The van der Waals surface area contributed by atoms with Gasteiger partial charge in [0, 0.05) is 24.4 Å². The van der Waals surface area contributed by atoms with Crippen LogP contribution in [0.15, 0.2) is 36.7 Å². The van der Waals surface area contributed by atoms with Gasteiger partial charge in [-0.2, -0.15) is 5.10 Å². The standard InChI is InChI=1S/C22H22Cl2N2O3/c1-29-17-4-2-13(3-5-17)15-8-18(23)22(19(24)9-15)14-6-7-26-20(10-14)16(12-25-26)11-21(27)28/h6-10,12-13,17H,2-5,11H2,1H3,(H,27,28). The molecule has 152 valence electrons. The van der Waals surface area contributed by atoms with Gasteiger partial charge in [-0.05, 0) is 67.0 Å². The maximum absolute atomic E-state index is 11.1. The molecule has 1 N–H and O–H groups in total. The number of methoxy groups -OCH3 is 1. The first-order chi connectivity index (χ1) is 14.0. The van der Waals surface area contributed by atoms with Crippen LogP contribution in [0.25, 0.3) is 16.6 Å². The summed E-state index contributed by atoms with van der Waals surface area (Å²) in [6, 6.07) is 7.81. The zero-order chi connectivity index (χ0) is 20.5. The molecule has 1 fully saturated rings. The first-order valence-electron chi connectivity index (χ1n) is 9.66. The summed E-state index contributed by atoms with van der Waals surface area (Å²) < 4.78 is 7.12. The Morgan fingerprint density at radius 3 is 2.52 bits per heavy atom. The highest BCUT2D eigenvalue weighted by Crippen LogP contribution is 2.41. The fourth-order valence-corrected chi connectivity index (χ4v) is 4.94. The lowest BCUT2D eigenvalue weighted by molar-refractivity contribution is -0.136. The van der Waals surface area contributed by atoms with Gasteiger partial charge in [-0.3, -0.25) is 4.79 Å². The van der Waals surface area contributed by atoms with E-state index in [0.29, 0.717) is 27.6 Å². The number of benzene rings is 1. The molecule has 0 amide bonds. The minimum atomic E-state index is -0.895. The van der Waals surface area contributed by atoms with Gasteiger partial charge in [-0.15, -0.1) is 0 Å². The Bertz CT molecular complexity index is 1030. The van der Waals surface area contributed by atoms with Crippen molar-refractivity contribution in [2.24, 2.45) is 0 Å². The molecule has 29 heavy (non-hydrogen) atoms. The van der Waals surface area contributed by atoms with Gasteiger partial charge in [0.05, 0.1) is 34.3 Å². The van der Waals surface area contributed by atoms with Crippen molar-refractivity contribution in [3.63, 3.8) is 0 Å². The number of carboxylic acids is 1. The molecule has 0 atom stereocenters. The lowest BCUT2D eigenvalue weighted by Gasteiger charge is -2.28. The maximum Gasteiger partial charge on any atom is 0.307 e. The van der Waals surface area contributed by atoms with Crippen molar-refractivity contribution in [3.8, 4) is 11.1 Å². The second-order valence-electron chi connectivity index (χ2n) is 7.55. The molecule has 0 aliphatic heterocycles. The molecule has 0 radical (unpaired) electrons. The van der Waals surface area contributed by atoms with E-state index in [1.165, 1.54) is 0 Å². The number of carboxylic acid groups (broad SMARTS) is 1. The molecule has 7 heteroatoms. The van der Waals surface area contributed by atoms with E-state index in [9.17, 15) is 4.79 Å². The molecular formula is C22H22Cl2N2O3. The number of rotatable bonds is 5. The van der Waals surface area contributed by atoms with Crippen molar-refractivity contribution in [2.45, 2.75) is 44.1 Å². The number of pyridine rings is 1. The third kappa shape index (κ3) is 4.13. The Hall–Kier alpha value is -2.08. The van der Waals surface area contributed by atoms with Gasteiger partial charge in [0.25, 0.3) is 0 Å². The van der Waals surface area contributed by atoms with Gasteiger partial charge >= 0.3 is 5.97 Å². The summed E-state index contributed by atoms with van der Waals surface area (Å²) in [5.41, 5.74) is 4.15. The van der Waals surface area contributed by atoms with E-state index >= 15 is 0 Å². The highest BCUT2D eigenvalue weighted by Gasteiger charge is 2.24. The second kappa shape index (κ2) is 8.34. The molecule has 1 saturated carbocycles. The summed E-state index contributed by atoms with van der Waals surface area (Å²) in [7, 11) is 1.77. The zero-order valence-corrected chi connectivity index (χ0v) is 17.6. The topological polar surface area (TPSA) is 63.8 Å². The lowest BCUT2D eigenvalue weighted by atomic mass is 9.82. The molecule has 0 bridgehead atoms. The van der Waals surface area contributed by atoms with Crippen molar-refractivity contribution in [1.82, 2.24) is 9.61 Å². The number of aliphatic carboxylic acids is 1. The van der Waals surface area contributed by atoms with Crippen molar-refractivity contribution in [3.05, 3.63) is 57.8 Å². The number of hydrogen-bond acceptors (Lipinski definition) is 3. The number of nitrogens with zero attached hydrogens (tertiary/aromatic N) is 2. The Balaban J connectivity index is 1.67. The molecule has 1 aromatic carbocycles. The summed E-state index contributed by atoms with van der Waals surface area (Å²) in [6.07, 6.45) is 7.84. The van der Waals surface area contributed by atoms with Crippen LogP contribution in [-0.2, 0) is 16.0 Å². The Kier molecular flexibility index (Phi) is 5.81. The predicted molar refractivity (Wildman–Crippen MR) is 114 cm³/mol. The van der Waals surface area contributed by atoms with E-state index in [2.05, 4.69) is 5.10 Å². The summed E-state index contributed by atoms with van der Waals surface area (Å²) in [5, 5.41) is 14.5. The molecule has 0 saturated heterocycles. The minimum Gasteiger partial charge on any atom is -0.481 e. The van der Waals surface area contributed by atoms with Crippen molar-refractivity contribution >= 4 is 34.7 Å². The molecule has 0 spiro atoms. The van der Waals surface area contributed by atoms with Crippen LogP contribution in [0.3, 0.4) is 0 Å². The number of carbonyl (C=O) groups is 1. The van der Waals surface area contributed by atoms with Gasteiger partial charge in [0.1, 0.15) is 0 Å². The number of ether oxygens (including phenoxy) is 1. The minimum absolute atomic E-state index is 0.0858. The van der Waals surface area contributed by atoms with E-state index in [1.54, 1.807) is 24.0 Å². The van der Waals surface area contributed by atoms with Gasteiger partial charge in [0.15, 0.2) is 0 Å². The van der Waals surface area contributed by atoms with E-state index in [-0.39, 0.29) is 6.42 Å². The Labute approximate surface area is 179 Å². The molecule has 5 nitrogen and oxygen atoms in total. The van der Waals surface area contributed by atoms with E-state index in [4.69, 9.17) is 33.0 Å². The number of halogens is 2. The van der Waals surface area contributed by atoms with Crippen molar-refractivity contribution in [2.75, 3.05) is 7.11 Å². The van der Waals surface area contributed by atoms with Gasteiger partial charge in [0.2, 0.25) is 0 Å². The zero-order valence-electron chi connectivity index (χ0n) is 16.1. The Morgan fingerprint density at radius 1 is 1.21 bits per heavy atom. The van der Waals surface area contributed by atoms with Crippen LogP contribution in [0.1, 0.15) is 42.7 Å². The van der Waals surface area contributed by atoms with E-state index in [0.717, 1.165) is 47.9 Å². The smallest absolute Gasteiger partial charge is 0.307 e. The van der Waals surface area contributed by atoms with Gasteiger partial charge < -0.3 is 9.84 Å². The Morgan fingerprint density at radius 2 is 1.90 bits per heavy atom. The summed E-state index contributed by atoms with van der Waals surface area (Å²) in [4.78, 5) is 11.1. The molecule has 4 rings (SSSR count). The molecule has 1 aliphatic carbocycles. The van der Waals surface area contributed by atoms with Crippen molar-refractivity contribution in [1.29, 1.82) is 0 Å². The van der Waals surface area contributed by atoms with Crippen LogP contribution in [0.2, 0.25) is 10.0 Å². The second-order valence-corrected chi connectivity index (χ2v) is 8.37. The summed E-state index contributed by atoms with van der Waals surface area (Å²) in [6.45, 7) is 0. The monoisotopic (exact) mass is 432 g/mol. The van der Waals surface area contributed by atoms with Crippen LogP contribution < -0.4 is 0 Å². The average Bonchev–Trinajstić information content (AvgIpc) is 3.09. The molecule has 1 aliphatic rings. The molecular weight excluding hydrogens is 411 g/mol. The van der Waals surface area contributed by atoms with Gasteiger partial charge in [-0.25, -0.2) is 4.52 Å². The highest BCUT2D eigenvalue weighted by atomic mass is 35.5. The quantitative estimate of drug-likeness (QED) is 0.568. The maximum atomic E-state index is 11.1. The van der Waals surface area contributed by atoms with E-state index < -0.39 is 5.97 Å². The van der Waals surface area contributed by atoms with Crippen LogP contribution >= 0.6 is 23.2 Å². The molecule has 0 unspecified atom stereocenters. The molecule has 3 aromatic rings. The van der Waals surface area contributed by atoms with Crippen LogP contribution in [0.4, 0.5) is 0 Å². The molecule has 2 heterocycles. The third-order valence-corrected chi connectivity index (χ3v) is 6.37. The SMILES string of the molecule is COC1CCC(c2cc(Cl)c(-c3ccn4ncc(CC(=O)O)c4c3)c(Cl)c2)CC1. The normalized spacial score (nSPS) is 19.6. The lowest BCUT2D eigenvalue weighted by Crippen LogP contribution is -2.19. The van der Waals surface area contributed by atoms with E-state index in [1.807, 2.05) is 24.3 Å². The number of fused-ring (bicyclic) bond motifs is 1. The van der Waals surface area contributed by atoms with Crippen molar-refractivity contribution < 1.29 is 14.6 Å². The number of hydrogen-bond donors (Lipinski definition) is 1. The first-order valence-corrected chi connectivity index (χ1v) is 10.4. The predicted octanol–water partition coefficient (Wildman–Crippen LogP) is 5.61. The third-order valence-electron chi connectivity index (χ3n) is 5.78. The largest absolute Gasteiger partial charge is 0.481 e. The summed E-state index contributed by atoms with van der Waals surface area (Å²) in [5.74, 6) is -0.459. The molecule has 2 aromatic heterocycles.